The highest BCUT2D eigenvalue weighted by molar-refractivity contribution is 7.89. The van der Waals surface area contributed by atoms with Gasteiger partial charge in [0.05, 0.1) is 12.3 Å². The predicted molar refractivity (Wildman–Crippen MR) is 104 cm³/mol. The average Bonchev–Trinajstić information content (AvgIpc) is 3.14. The second-order valence-electron chi connectivity index (χ2n) is 7.54. The van der Waals surface area contributed by atoms with Gasteiger partial charge in [0.25, 0.3) is 0 Å². The van der Waals surface area contributed by atoms with Gasteiger partial charge >= 0.3 is 0 Å². The van der Waals surface area contributed by atoms with E-state index in [2.05, 4.69) is 15.0 Å². The van der Waals surface area contributed by atoms with Crippen LogP contribution in [0.2, 0.25) is 0 Å². The Morgan fingerprint density at radius 3 is 2.46 bits per heavy atom. The van der Waals surface area contributed by atoms with Crippen molar-refractivity contribution in [2.45, 2.75) is 52.0 Å². The minimum Gasteiger partial charge on any atom is -0.343 e. The van der Waals surface area contributed by atoms with Gasteiger partial charge in [0.2, 0.25) is 21.8 Å². The van der Waals surface area contributed by atoms with Gasteiger partial charge in [-0.3, -0.25) is 9.69 Å². The van der Waals surface area contributed by atoms with Crippen molar-refractivity contribution < 1.29 is 17.7 Å². The second-order valence-corrected chi connectivity index (χ2v) is 9.63. The number of rotatable bonds is 8. The van der Waals surface area contributed by atoms with Crippen LogP contribution in [0.15, 0.2) is 4.52 Å². The molecule has 0 radical (unpaired) electrons. The minimum absolute atomic E-state index is 0.156. The summed E-state index contributed by atoms with van der Waals surface area (Å²) in [5.74, 6) is 1.44. The Hall–Kier alpha value is -1.52. The third-order valence-corrected chi connectivity index (χ3v) is 7.40. The van der Waals surface area contributed by atoms with Gasteiger partial charge in [0, 0.05) is 52.1 Å². The van der Waals surface area contributed by atoms with Gasteiger partial charge in [-0.1, -0.05) is 12.1 Å². The van der Waals surface area contributed by atoms with Crippen molar-refractivity contribution in [2.24, 2.45) is 0 Å². The Morgan fingerprint density at radius 2 is 1.79 bits per heavy atom. The summed E-state index contributed by atoms with van der Waals surface area (Å²) < 4.78 is 31.1. The number of sulfonamides is 1. The van der Waals surface area contributed by atoms with Gasteiger partial charge in [0.15, 0.2) is 5.82 Å². The molecule has 1 aromatic heterocycles. The summed E-state index contributed by atoms with van der Waals surface area (Å²) in [6.45, 7) is 6.42. The maximum atomic E-state index is 12.2. The fourth-order valence-electron chi connectivity index (χ4n) is 3.72. The lowest BCUT2D eigenvalue weighted by molar-refractivity contribution is -0.132. The molecule has 3 heterocycles. The normalized spacial score (nSPS) is 19.8. The average molecular weight is 414 g/mol. The molecule has 2 saturated heterocycles. The lowest BCUT2D eigenvalue weighted by Crippen LogP contribution is -2.48. The minimum atomic E-state index is -3.13. The van der Waals surface area contributed by atoms with Crippen LogP contribution in [0, 0.1) is 0 Å². The molecule has 2 aliphatic rings. The van der Waals surface area contributed by atoms with Gasteiger partial charge in [-0.2, -0.15) is 9.29 Å². The van der Waals surface area contributed by atoms with Crippen LogP contribution in [0.25, 0.3) is 0 Å². The maximum absolute atomic E-state index is 12.2. The van der Waals surface area contributed by atoms with E-state index >= 15 is 0 Å². The monoisotopic (exact) mass is 413 g/mol. The Balaban J connectivity index is 1.42. The van der Waals surface area contributed by atoms with Gasteiger partial charge < -0.3 is 9.42 Å². The molecule has 2 fully saturated rings. The molecule has 0 N–H and O–H groups in total. The molecule has 1 aromatic rings. The zero-order chi connectivity index (χ0) is 20.0. The predicted octanol–water partition coefficient (Wildman–Crippen LogP) is 0.872. The third kappa shape index (κ3) is 5.74. The molecule has 0 atom stereocenters. The number of aryl methyl sites for hydroxylation is 1. The lowest BCUT2D eigenvalue weighted by atomic mass is 10.1. The van der Waals surface area contributed by atoms with Crippen molar-refractivity contribution in [1.29, 1.82) is 0 Å². The standard InChI is InChI=1S/C18H31N5O4S/c1-2-14-28(25,26)23-12-10-21(11-13-23)15-16-19-17(27-20-16)6-7-18(24)22-8-4-3-5-9-22/h2-15H2,1H3. The first-order valence-electron chi connectivity index (χ1n) is 10.3. The maximum Gasteiger partial charge on any atom is 0.227 e. The number of piperidine rings is 1. The zero-order valence-electron chi connectivity index (χ0n) is 16.7. The van der Waals surface area contributed by atoms with Crippen LogP contribution < -0.4 is 0 Å². The number of hydrogen-bond donors (Lipinski definition) is 0. The first kappa shape index (κ1) is 21.2. The molecule has 0 saturated carbocycles. The van der Waals surface area contributed by atoms with Crippen molar-refractivity contribution in [1.82, 2.24) is 24.2 Å². The van der Waals surface area contributed by atoms with Gasteiger partial charge in [-0.05, 0) is 25.7 Å². The van der Waals surface area contributed by atoms with Crippen LogP contribution in [-0.2, 0) is 27.8 Å². The molecule has 2 aliphatic heterocycles. The fourth-order valence-corrected chi connectivity index (χ4v) is 5.22. The number of likely N-dealkylation sites (tertiary alicyclic amines) is 1. The van der Waals surface area contributed by atoms with Gasteiger partial charge in [0.1, 0.15) is 0 Å². The molecule has 0 bridgehead atoms. The van der Waals surface area contributed by atoms with E-state index in [-0.39, 0.29) is 11.7 Å². The Kier molecular flexibility index (Phi) is 7.42. The van der Waals surface area contributed by atoms with Crippen LogP contribution in [0.5, 0.6) is 0 Å². The SMILES string of the molecule is CCCS(=O)(=O)N1CCN(Cc2noc(CCC(=O)N3CCCCC3)n2)CC1. The van der Waals surface area contributed by atoms with E-state index in [9.17, 15) is 13.2 Å². The van der Waals surface area contributed by atoms with Crippen molar-refractivity contribution in [3.8, 4) is 0 Å². The number of carbonyl (C=O) groups is 1. The molecule has 0 unspecified atom stereocenters. The highest BCUT2D eigenvalue weighted by Crippen LogP contribution is 2.13. The number of hydrogen-bond acceptors (Lipinski definition) is 7. The topological polar surface area (TPSA) is 99.8 Å². The Bertz CT molecular complexity index is 737. The number of aromatic nitrogens is 2. The van der Waals surface area contributed by atoms with E-state index in [0.29, 0.717) is 63.7 Å². The molecule has 9 nitrogen and oxygen atoms in total. The molecular weight excluding hydrogens is 382 g/mol. The second kappa shape index (κ2) is 9.80. The number of carbonyl (C=O) groups excluding carboxylic acids is 1. The number of nitrogens with zero attached hydrogens (tertiary/aromatic N) is 5. The molecule has 158 valence electrons. The molecule has 0 aliphatic carbocycles. The van der Waals surface area contributed by atoms with Crippen LogP contribution in [0.4, 0.5) is 0 Å². The van der Waals surface area contributed by atoms with E-state index in [1.165, 1.54) is 6.42 Å². The molecule has 10 heteroatoms. The van der Waals surface area contributed by atoms with Crippen molar-refractivity contribution in [2.75, 3.05) is 45.0 Å². The van der Waals surface area contributed by atoms with E-state index < -0.39 is 10.0 Å². The van der Waals surface area contributed by atoms with Gasteiger partial charge in [-0.15, -0.1) is 0 Å². The lowest BCUT2D eigenvalue weighted by Gasteiger charge is -2.33. The first-order chi connectivity index (χ1) is 13.5. The van der Waals surface area contributed by atoms with E-state index in [4.69, 9.17) is 4.52 Å². The van der Waals surface area contributed by atoms with Crippen LogP contribution in [0.3, 0.4) is 0 Å². The third-order valence-electron chi connectivity index (χ3n) is 5.32. The molecule has 3 rings (SSSR count). The summed E-state index contributed by atoms with van der Waals surface area (Å²) in [5, 5.41) is 4.01. The van der Waals surface area contributed by atoms with Crippen molar-refractivity contribution in [3.05, 3.63) is 11.7 Å². The Morgan fingerprint density at radius 1 is 1.07 bits per heavy atom. The van der Waals surface area contributed by atoms with E-state index in [1.54, 1.807) is 4.31 Å². The Labute approximate surface area is 167 Å². The molecule has 28 heavy (non-hydrogen) atoms. The fraction of sp³-hybridized carbons (Fsp3) is 0.833. The van der Waals surface area contributed by atoms with Crippen molar-refractivity contribution in [3.63, 3.8) is 0 Å². The molecule has 0 aromatic carbocycles. The molecule has 0 spiro atoms. The number of amides is 1. The van der Waals surface area contributed by atoms with Crippen LogP contribution in [0.1, 0.15) is 50.7 Å². The largest absolute Gasteiger partial charge is 0.343 e. The summed E-state index contributed by atoms with van der Waals surface area (Å²) in [4.78, 5) is 20.7. The van der Waals surface area contributed by atoms with Crippen molar-refractivity contribution >= 4 is 15.9 Å². The van der Waals surface area contributed by atoms with Gasteiger partial charge in [-0.25, -0.2) is 8.42 Å². The quantitative estimate of drug-likeness (QED) is 0.623. The summed E-state index contributed by atoms with van der Waals surface area (Å²) in [7, 11) is -3.13. The van der Waals surface area contributed by atoms with Crippen LogP contribution in [-0.4, -0.2) is 83.6 Å². The first-order valence-corrected chi connectivity index (χ1v) is 11.9. The number of piperazine rings is 1. The summed E-state index contributed by atoms with van der Waals surface area (Å²) in [5.41, 5.74) is 0. The molecule has 1 amide bonds. The summed E-state index contributed by atoms with van der Waals surface area (Å²) >= 11 is 0. The smallest absolute Gasteiger partial charge is 0.227 e. The zero-order valence-corrected chi connectivity index (χ0v) is 17.5. The highest BCUT2D eigenvalue weighted by Gasteiger charge is 2.26. The van der Waals surface area contributed by atoms with E-state index in [1.807, 2.05) is 11.8 Å². The highest BCUT2D eigenvalue weighted by atomic mass is 32.2. The summed E-state index contributed by atoms with van der Waals surface area (Å²) in [6, 6.07) is 0. The molecular formula is C18H31N5O4S. The van der Waals surface area contributed by atoms with Crippen LogP contribution >= 0.6 is 0 Å². The van der Waals surface area contributed by atoms with E-state index in [0.717, 1.165) is 25.9 Å². The summed E-state index contributed by atoms with van der Waals surface area (Å²) in [6.07, 6.45) is 4.87.